The predicted octanol–water partition coefficient (Wildman–Crippen LogP) is 2.06. The van der Waals surface area contributed by atoms with E-state index in [1.165, 1.54) is 5.56 Å². The molecule has 4 heteroatoms. The van der Waals surface area contributed by atoms with E-state index >= 15 is 0 Å². The second-order valence-electron chi connectivity index (χ2n) is 3.68. The summed E-state index contributed by atoms with van der Waals surface area (Å²) in [7, 11) is 0. The van der Waals surface area contributed by atoms with Gasteiger partial charge in [-0.25, -0.2) is 0 Å². The third-order valence-corrected chi connectivity index (χ3v) is 2.29. The molecular weight excluding hydrogens is 202 g/mol. The first-order valence-corrected chi connectivity index (χ1v) is 5.38. The van der Waals surface area contributed by atoms with Crippen LogP contribution in [0, 0.1) is 6.92 Å². The lowest BCUT2D eigenvalue weighted by molar-refractivity contribution is 0.298. The summed E-state index contributed by atoms with van der Waals surface area (Å²) < 4.78 is 7.40. The largest absolute Gasteiger partial charge is 0.494 e. The molecule has 0 N–H and O–H groups in total. The van der Waals surface area contributed by atoms with Crippen molar-refractivity contribution in [2.45, 2.75) is 19.9 Å². The van der Waals surface area contributed by atoms with Gasteiger partial charge in [0, 0.05) is 19.2 Å². The highest BCUT2D eigenvalue weighted by atomic mass is 16.5. The average molecular weight is 217 g/mol. The average Bonchev–Trinajstić information content (AvgIpc) is 2.80. The molecule has 84 valence electrons. The van der Waals surface area contributed by atoms with Crippen LogP contribution in [0.1, 0.15) is 12.0 Å². The van der Waals surface area contributed by atoms with Gasteiger partial charge in [-0.1, -0.05) is 22.9 Å². The van der Waals surface area contributed by atoms with Crippen LogP contribution in [0.15, 0.2) is 36.7 Å². The summed E-state index contributed by atoms with van der Waals surface area (Å²) >= 11 is 0. The summed E-state index contributed by atoms with van der Waals surface area (Å²) in [5.74, 6) is 0.921. The van der Waals surface area contributed by atoms with Crippen LogP contribution in [-0.2, 0) is 6.54 Å². The molecule has 0 aliphatic rings. The van der Waals surface area contributed by atoms with E-state index in [0.717, 1.165) is 18.7 Å². The second-order valence-corrected chi connectivity index (χ2v) is 3.68. The topological polar surface area (TPSA) is 39.9 Å². The Morgan fingerprint density at radius 1 is 1.25 bits per heavy atom. The number of ether oxygens (including phenoxy) is 1. The quantitative estimate of drug-likeness (QED) is 0.720. The van der Waals surface area contributed by atoms with Gasteiger partial charge >= 0.3 is 0 Å². The number of aromatic nitrogens is 3. The van der Waals surface area contributed by atoms with Gasteiger partial charge in [0.2, 0.25) is 0 Å². The fourth-order valence-electron chi connectivity index (χ4n) is 1.40. The first-order valence-electron chi connectivity index (χ1n) is 5.38. The van der Waals surface area contributed by atoms with E-state index in [-0.39, 0.29) is 0 Å². The third-order valence-electron chi connectivity index (χ3n) is 2.29. The van der Waals surface area contributed by atoms with Crippen molar-refractivity contribution < 1.29 is 4.74 Å². The van der Waals surface area contributed by atoms with E-state index in [4.69, 9.17) is 4.74 Å². The Kier molecular flexibility index (Phi) is 3.53. The first kappa shape index (κ1) is 10.7. The summed E-state index contributed by atoms with van der Waals surface area (Å²) in [6.07, 6.45) is 4.46. The number of nitrogens with zero attached hydrogens (tertiary/aromatic N) is 3. The highest BCUT2D eigenvalue weighted by molar-refractivity contribution is 5.26. The van der Waals surface area contributed by atoms with Gasteiger partial charge in [-0.3, -0.25) is 4.68 Å². The number of aryl methyl sites for hydroxylation is 2. The van der Waals surface area contributed by atoms with Crippen LogP contribution in [0.4, 0.5) is 0 Å². The Balaban J connectivity index is 1.70. The molecule has 0 saturated heterocycles. The highest BCUT2D eigenvalue weighted by Gasteiger charge is 1.94. The molecular formula is C12H15N3O. The van der Waals surface area contributed by atoms with Crippen molar-refractivity contribution in [3.8, 4) is 5.75 Å². The molecule has 0 aliphatic carbocycles. The molecule has 0 amide bonds. The maximum atomic E-state index is 5.60. The van der Waals surface area contributed by atoms with Crippen molar-refractivity contribution in [3.63, 3.8) is 0 Å². The normalized spacial score (nSPS) is 10.3. The monoisotopic (exact) mass is 217 g/mol. The Bertz CT molecular complexity index is 408. The van der Waals surface area contributed by atoms with Crippen molar-refractivity contribution >= 4 is 0 Å². The molecule has 0 spiro atoms. The molecule has 1 heterocycles. The predicted molar refractivity (Wildman–Crippen MR) is 61.3 cm³/mol. The lowest BCUT2D eigenvalue weighted by Gasteiger charge is -2.06. The lowest BCUT2D eigenvalue weighted by atomic mass is 10.2. The standard InChI is InChI=1S/C12H15N3O/c1-11-3-5-12(6-4-11)16-10-2-8-15-9-7-13-14-15/h3-7,9H,2,8,10H2,1H3. The Morgan fingerprint density at radius 3 is 2.75 bits per heavy atom. The second kappa shape index (κ2) is 5.30. The molecule has 1 aromatic heterocycles. The zero-order valence-electron chi connectivity index (χ0n) is 9.34. The third kappa shape index (κ3) is 3.08. The number of hydrogen-bond acceptors (Lipinski definition) is 3. The van der Waals surface area contributed by atoms with E-state index < -0.39 is 0 Å². The fraction of sp³-hybridized carbons (Fsp3) is 0.333. The summed E-state index contributed by atoms with van der Waals surface area (Å²) in [5, 5.41) is 7.62. The van der Waals surface area contributed by atoms with E-state index in [2.05, 4.69) is 17.2 Å². The van der Waals surface area contributed by atoms with Crippen molar-refractivity contribution in [2.24, 2.45) is 0 Å². The number of rotatable bonds is 5. The number of hydrogen-bond donors (Lipinski definition) is 0. The van der Waals surface area contributed by atoms with Crippen LogP contribution in [-0.4, -0.2) is 21.6 Å². The van der Waals surface area contributed by atoms with Gasteiger partial charge in [-0.05, 0) is 19.1 Å². The summed E-state index contributed by atoms with van der Waals surface area (Å²) in [6.45, 7) is 3.60. The van der Waals surface area contributed by atoms with Crippen molar-refractivity contribution in [1.82, 2.24) is 15.0 Å². The summed E-state index contributed by atoms with van der Waals surface area (Å²) in [6, 6.07) is 8.08. The van der Waals surface area contributed by atoms with Crippen LogP contribution in [0.2, 0.25) is 0 Å². The summed E-state index contributed by atoms with van der Waals surface area (Å²) in [4.78, 5) is 0. The number of benzene rings is 1. The molecule has 0 unspecified atom stereocenters. The molecule has 1 aromatic carbocycles. The molecule has 0 aliphatic heterocycles. The van der Waals surface area contributed by atoms with Gasteiger partial charge in [-0.15, -0.1) is 5.10 Å². The molecule has 0 atom stereocenters. The minimum absolute atomic E-state index is 0.697. The van der Waals surface area contributed by atoms with Crippen LogP contribution >= 0.6 is 0 Å². The molecule has 4 nitrogen and oxygen atoms in total. The Morgan fingerprint density at radius 2 is 2.06 bits per heavy atom. The summed E-state index contributed by atoms with van der Waals surface area (Å²) in [5.41, 5.74) is 1.25. The van der Waals surface area contributed by atoms with Gasteiger partial charge in [0.1, 0.15) is 5.75 Å². The van der Waals surface area contributed by atoms with Crippen LogP contribution in [0.3, 0.4) is 0 Å². The molecule has 16 heavy (non-hydrogen) atoms. The van der Waals surface area contributed by atoms with Gasteiger partial charge in [0.15, 0.2) is 0 Å². The molecule has 0 radical (unpaired) electrons. The first-order chi connectivity index (χ1) is 7.84. The van der Waals surface area contributed by atoms with E-state index in [9.17, 15) is 0 Å². The maximum Gasteiger partial charge on any atom is 0.119 e. The van der Waals surface area contributed by atoms with Crippen molar-refractivity contribution in [3.05, 3.63) is 42.2 Å². The molecule has 2 rings (SSSR count). The smallest absolute Gasteiger partial charge is 0.119 e. The lowest BCUT2D eigenvalue weighted by Crippen LogP contribution is -2.05. The SMILES string of the molecule is Cc1ccc(OCCCn2ccnn2)cc1. The van der Waals surface area contributed by atoms with E-state index in [1.807, 2.05) is 30.5 Å². The zero-order chi connectivity index (χ0) is 11.2. The van der Waals surface area contributed by atoms with Crippen molar-refractivity contribution in [1.29, 1.82) is 0 Å². The molecule has 0 fully saturated rings. The van der Waals surface area contributed by atoms with Gasteiger partial charge in [0.05, 0.1) is 12.8 Å². The molecule has 0 saturated carbocycles. The zero-order valence-corrected chi connectivity index (χ0v) is 9.34. The van der Waals surface area contributed by atoms with Gasteiger partial charge in [-0.2, -0.15) is 0 Å². The Labute approximate surface area is 94.9 Å². The van der Waals surface area contributed by atoms with Gasteiger partial charge < -0.3 is 4.74 Å². The molecule has 0 bridgehead atoms. The van der Waals surface area contributed by atoms with Crippen LogP contribution in [0.25, 0.3) is 0 Å². The fourth-order valence-corrected chi connectivity index (χ4v) is 1.40. The van der Waals surface area contributed by atoms with Crippen LogP contribution in [0.5, 0.6) is 5.75 Å². The minimum atomic E-state index is 0.697. The minimum Gasteiger partial charge on any atom is -0.494 e. The van der Waals surface area contributed by atoms with Gasteiger partial charge in [0.25, 0.3) is 0 Å². The Hall–Kier alpha value is -1.84. The van der Waals surface area contributed by atoms with Crippen molar-refractivity contribution in [2.75, 3.05) is 6.61 Å². The van der Waals surface area contributed by atoms with Crippen LogP contribution < -0.4 is 4.74 Å². The van der Waals surface area contributed by atoms with E-state index in [1.54, 1.807) is 10.9 Å². The van der Waals surface area contributed by atoms with E-state index in [0.29, 0.717) is 6.61 Å². The molecule has 2 aromatic rings. The highest BCUT2D eigenvalue weighted by Crippen LogP contribution is 2.11. The maximum absolute atomic E-state index is 5.60.